The van der Waals surface area contributed by atoms with Gasteiger partial charge in [-0.3, -0.25) is 0 Å². The van der Waals surface area contributed by atoms with Crippen molar-refractivity contribution in [2.24, 2.45) is 0 Å². The van der Waals surface area contributed by atoms with Gasteiger partial charge in [-0.05, 0) is 50.5 Å². The number of fused-ring (bicyclic) bond motifs is 1. The number of nitrogen functional groups attached to an aromatic ring is 1. The van der Waals surface area contributed by atoms with Gasteiger partial charge >= 0.3 is 0 Å². The van der Waals surface area contributed by atoms with Crippen molar-refractivity contribution in [2.75, 3.05) is 29.6 Å². The Balaban J connectivity index is 2.34. The fourth-order valence-corrected chi connectivity index (χ4v) is 4.89. The van der Waals surface area contributed by atoms with Crippen LogP contribution in [-0.4, -0.2) is 32.0 Å². The molecular weight excluding hydrogens is 334 g/mol. The number of aldehydes is 1. The summed E-state index contributed by atoms with van der Waals surface area (Å²) < 4.78 is 0. The molecular formula is C23H31N3O. The molecule has 0 bridgehead atoms. The number of carbonyl (C=O) groups is 1. The van der Waals surface area contributed by atoms with Gasteiger partial charge in [-0.1, -0.05) is 37.3 Å². The van der Waals surface area contributed by atoms with E-state index in [1.165, 1.54) is 11.1 Å². The number of nitrogens with zero attached hydrogens (tertiary/aromatic N) is 2. The Morgan fingerprint density at radius 1 is 1.15 bits per heavy atom. The van der Waals surface area contributed by atoms with E-state index in [0.717, 1.165) is 29.8 Å². The Bertz CT molecular complexity index is 844. The van der Waals surface area contributed by atoms with Crippen molar-refractivity contribution in [3.05, 3.63) is 53.6 Å². The van der Waals surface area contributed by atoms with Gasteiger partial charge in [0.05, 0.1) is 17.4 Å². The second-order valence-corrected chi connectivity index (χ2v) is 8.76. The number of carbonyl (C=O) groups excluding carboxylic acids is 1. The summed E-state index contributed by atoms with van der Waals surface area (Å²) in [5.41, 5.74) is 11.4. The van der Waals surface area contributed by atoms with Crippen molar-refractivity contribution in [3.63, 3.8) is 0 Å². The average molecular weight is 366 g/mol. The van der Waals surface area contributed by atoms with Gasteiger partial charge in [-0.25, -0.2) is 0 Å². The minimum absolute atomic E-state index is 0.182. The predicted molar refractivity (Wildman–Crippen MR) is 115 cm³/mol. The van der Waals surface area contributed by atoms with E-state index in [1.54, 1.807) is 0 Å². The molecule has 1 aliphatic heterocycles. The van der Waals surface area contributed by atoms with Crippen LogP contribution in [0.3, 0.4) is 0 Å². The van der Waals surface area contributed by atoms with Crippen molar-refractivity contribution < 1.29 is 4.79 Å². The number of anilines is 3. The third kappa shape index (κ3) is 3.07. The smallest absolute Gasteiger partial charge is 0.142 e. The monoisotopic (exact) mass is 365 g/mol. The van der Waals surface area contributed by atoms with Gasteiger partial charge in [0.1, 0.15) is 6.29 Å². The van der Waals surface area contributed by atoms with Gasteiger partial charge in [-0.15, -0.1) is 0 Å². The summed E-state index contributed by atoms with van der Waals surface area (Å²) in [7, 11) is 3.99. The molecule has 1 heterocycles. The molecule has 2 unspecified atom stereocenters. The van der Waals surface area contributed by atoms with E-state index in [1.807, 2.05) is 32.0 Å². The summed E-state index contributed by atoms with van der Waals surface area (Å²) >= 11 is 0. The molecule has 3 rings (SSSR count). The second-order valence-electron chi connectivity index (χ2n) is 8.76. The summed E-state index contributed by atoms with van der Waals surface area (Å²) in [4.78, 5) is 16.0. The van der Waals surface area contributed by atoms with E-state index in [-0.39, 0.29) is 17.0 Å². The molecule has 0 aliphatic carbocycles. The Morgan fingerprint density at radius 2 is 1.78 bits per heavy atom. The Hall–Kier alpha value is -2.49. The fraction of sp³-hybridized carbons (Fsp3) is 0.435. The maximum absolute atomic E-state index is 11.7. The van der Waals surface area contributed by atoms with Crippen LogP contribution in [0, 0.1) is 0 Å². The molecule has 0 saturated heterocycles. The fourth-order valence-electron chi connectivity index (χ4n) is 4.89. The molecule has 2 aromatic carbocycles. The van der Waals surface area contributed by atoms with Crippen LogP contribution in [0.15, 0.2) is 42.5 Å². The van der Waals surface area contributed by atoms with Crippen LogP contribution in [0.5, 0.6) is 0 Å². The minimum Gasteiger partial charge on any atom is -0.397 e. The molecule has 0 saturated carbocycles. The van der Waals surface area contributed by atoms with E-state index < -0.39 is 0 Å². The average Bonchev–Trinajstić information content (AvgIpc) is 2.61. The van der Waals surface area contributed by atoms with E-state index in [4.69, 9.17) is 5.73 Å². The summed E-state index contributed by atoms with van der Waals surface area (Å²) in [6, 6.07) is 14.6. The lowest BCUT2D eigenvalue weighted by atomic mass is 9.64. The number of rotatable bonds is 4. The van der Waals surface area contributed by atoms with Crippen molar-refractivity contribution in [3.8, 4) is 0 Å². The molecule has 2 aromatic rings. The first-order chi connectivity index (χ1) is 12.6. The lowest BCUT2D eigenvalue weighted by Crippen LogP contribution is -2.57. The van der Waals surface area contributed by atoms with Gasteiger partial charge in [0.25, 0.3) is 0 Å². The Labute approximate surface area is 163 Å². The quantitative estimate of drug-likeness (QED) is 0.651. The number of benzene rings is 2. The highest BCUT2D eigenvalue weighted by atomic mass is 16.1. The van der Waals surface area contributed by atoms with Crippen LogP contribution in [0.2, 0.25) is 0 Å². The first kappa shape index (κ1) is 19.3. The standard InChI is InChI=1S/C23H31N3O/c1-16(14-27)26-20-13-21(25(5)6)19(24)12-18(20)23(4,15-22(26,2)3)17-10-8-7-9-11-17/h7-14,16H,15,24H2,1-6H3. The first-order valence-corrected chi connectivity index (χ1v) is 9.53. The molecule has 144 valence electrons. The van der Waals surface area contributed by atoms with Crippen molar-refractivity contribution in [2.45, 2.75) is 51.1 Å². The van der Waals surface area contributed by atoms with Crippen LogP contribution >= 0.6 is 0 Å². The van der Waals surface area contributed by atoms with E-state index in [2.05, 4.69) is 62.1 Å². The number of nitrogens with two attached hydrogens (primary N) is 1. The highest BCUT2D eigenvalue weighted by molar-refractivity contribution is 5.81. The zero-order valence-corrected chi connectivity index (χ0v) is 17.3. The SMILES string of the molecule is CC(C=O)N1c2cc(N(C)C)c(N)cc2C(C)(c2ccccc2)CC1(C)C. The number of hydrogen-bond donors (Lipinski definition) is 1. The lowest BCUT2D eigenvalue weighted by molar-refractivity contribution is -0.109. The van der Waals surface area contributed by atoms with Gasteiger partial charge in [0.15, 0.2) is 0 Å². The highest BCUT2D eigenvalue weighted by Crippen LogP contribution is 2.52. The number of hydrogen-bond acceptors (Lipinski definition) is 4. The van der Waals surface area contributed by atoms with Crippen LogP contribution in [0.25, 0.3) is 0 Å². The van der Waals surface area contributed by atoms with Crippen LogP contribution < -0.4 is 15.5 Å². The van der Waals surface area contributed by atoms with Crippen LogP contribution in [0.1, 0.15) is 45.2 Å². The Morgan fingerprint density at radius 3 is 2.33 bits per heavy atom. The first-order valence-electron chi connectivity index (χ1n) is 9.53. The topological polar surface area (TPSA) is 49.6 Å². The molecule has 4 heteroatoms. The van der Waals surface area contributed by atoms with Gasteiger partial charge in [0, 0.05) is 30.7 Å². The molecule has 0 spiro atoms. The second kappa shape index (κ2) is 6.59. The third-order valence-electron chi connectivity index (χ3n) is 5.93. The normalized spacial score (nSPS) is 22.1. The van der Waals surface area contributed by atoms with Crippen LogP contribution in [0.4, 0.5) is 17.1 Å². The molecule has 0 radical (unpaired) electrons. The molecule has 4 nitrogen and oxygen atoms in total. The molecule has 2 N–H and O–H groups in total. The van der Waals surface area contributed by atoms with E-state index >= 15 is 0 Å². The van der Waals surface area contributed by atoms with Gasteiger partial charge in [-0.2, -0.15) is 0 Å². The van der Waals surface area contributed by atoms with Crippen molar-refractivity contribution >= 4 is 23.3 Å². The highest BCUT2D eigenvalue weighted by Gasteiger charge is 2.47. The molecule has 0 fully saturated rings. The summed E-state index contributed by atoms with van der Waals surface area (Å²) in [5.74, 6) is 0. The van der Waals surface area contributed by atoms with Gasteiger partial charge in [0.2, 0.25) is 0 Å². The third-order valence-corrected chi connectivity index (χ3v) is 5.93. The summed E-state index contributed by atoms with van der Waals surface area (Å²) in [6.45, 7) is 8.71. The lowest BCUT2D eigenvalue weighted by Gasteiger charge is -2.54. The summed E-state index contributed by atoms with van der Waals surface area (Å²) in [5, 5.41) is 0. The largest absolute Gasteiger partial charge is 0.397 e. The predicted octanol–water partition coefficient (Wildman–Crippen LogP) is 4.22. The molecule has 0 amide bonds. The van der Waals surface area contributed by atoms with Crippen molar-refractivity contribution in [1.82, 2.24) is 0 Å². The maximum Gasteiger partial charge on any atom is 0.142 e. The van der Waals surface area contributed by atoms with Crippen molar-refractivity contribution in [1.29, 1.82) is 0 Å². The minimum atomic E-state index is -0.210. The molecule has 27 heavy (non-hydrogen) atoms. The molecule has 2 atom stereocenters. The zero-order chi connectivity index (χ0) is 20.0. The summed E-state index contributed by atoms with van der Waals surface area (Å²) in [6.07, 6.45) is 1.93. The van der Waals surface area contributed by atoms with E-state index in [0.29, 0.717) is 0 Å². The Kier molecular flexibility index (Phi) is 4.71. The van der Waals surface area contributed by atoms with E-state index in [9.17, 15) is 4.79 Å². The van der Waals surface area contributed by atoms with Crippen LogP contribution in [-0.2, 0) is 10.2 Å². The maximum atomic E-state index is 11.7. The zero-order valence-electron chi connectivity index (χ0n) is 17.3. The van der Waals surface area contributed by atoms with Gasteiger partial charge < -0.3 is 20.3 Å². The molecule has 0 aromatic heterocycles. The molecule has 1 aliphatic rings.